The van der Waals surface area contributed by atoms with Gasteiger partial charge in [-0.15, -0.1) is 0 Å². The van der Waals surface area contributed by atoms with E-state index in [1.165, 1.54) is 45.2 Å². The highest BCUT2D eigenvalue weighted by Crippen LogP contribution is 2.25. The van der Waals surface area contributed by atoms with Crippen molar-refractivity contribution < 1.29 is 0 Å². The fraction of sp³-hybridized carbons (Fsp3) is 0.846. The Morgan fingerprint density at radius 3 is 2.61 bits per heavy atom. The molecule has 1 atom stereocenters. The zero-order valence-electron chi connectivity index (χ0n) is 11.1. The number of hydrogen-bond acceptors (Lipinski definition) is 5. The van der Waals surface area contributed by atoms with Crippen LogP contribution in [0.1, 0.15) is 37.9 Å². The van der Waals surface area contributed by atoms with E-state index >= 15 is 0 Å². The van der Waals surface area contributed by atoms with Crippen molar-refractivity contribution in [2.75, 3.05) is 31.1 Å². The van der Waals surface area contributed by atoms with Crippen LogP contribution in [0.3, 0.4) is 0 Å². The first-order valence-electron chi connectivity index (χ1n) is 7.12. The van der Waals surface area contributed by atoms with Crippen LogP contribution < -0.4 is 4.90 Å². The van der Waals surface area contributed by atoms with Crippen LogP contribution in [-0.2, 0) is 0 Å². The molecule has 3 rings (SSSR count). The quantitative estimate of drug-likeness (QED) is 0.822. The summed E-state index contributed by atoms with van der Waals surface area (Å²) in [5.41, 5.74) is 0. The van der Waals surface area contributed by atoms with Crippen LogP contribution in [0.5, 0.6) is 0 Å². The molecule has 0 radical (unpaired) electrons. The average molecular weight is 266 g/mol. The number of anilines is 1. The minimum absolute atomic E-state index is 0.735. The molecule has 1 aromatic rings. The molecule has 1 aromatic heterocycles. The molecule has 100 valence electrons. The van der Waals surface area contributed by atoms with Gasteiger partial charge in [-0.05, 0) is 45.7 Å². The molecule has 3 heterocycles. The van der Waals surface area contributed by atoms with Crippen LogP contribution in [-0.4, -0.2) is 46.5 Å². The van der Waals surface area contributed by atoms with E-state index in [2.05, 4.69) is 19.2 Å². The molecule has 0 spiro atoms. The number of aromatic nitrogens is 2. The van der Waals surface area contributed by atoms with E-state index in [0.717, 1.165) is 30.1 Å². The summed E-state index contributed by atoms with van der Waals surface area (Å²) in [6.07, 6.45) is 6.77. The molecule has 2 saturated heterocycles. The van der Waals surface area contributed by atoms with Gasteiger partial charge in [0.05, 0.1) is 0 Å². The van der Waals surface area contributed by atoms with E-state index in [0.29, 0.717) is 0 Å². The second-order valence-electron chi connectivity index (χ2n) is 5.46. The van der Waals surface area contributed by atoms with E-state index in [1.54, 1.807) is 11.5 Å². The van der Waals surface area contributed by atoms with E-state index in [-0.39, 0.29) is 0 Å². The van der Waals surface area contributed by atoms with Crippen molar-refractivity contribution in [3.05, 3.63) is 5.82 Å². The Balaban J connectivity index is 1.70. The number of nitrogens with zero attached hydrogens (tertiary/aromatic N) is 4. The molecule has 18 heavy (non-hydrogen) atoms. The van der Waals surface area contributed by atoms with Crippen molar-refractivity contribution in [3.63, 3.8) is 0 Å². The number of likely N-dealkylation sites (tertiary alicyclic amines) is 1. The van der Waals surface area contributed by atoms with Crippen LogP contribution in [0.25, 0.3) is 0 Å². The van der Waals surface area contributed by atoms with E-state index in [4.69, 9.17) is 0 Å². The van der Waals surface area contributed by atoms with Gasteiger partial charge in [-0.2, -0.15) is 4.37 Å². The Morgan fingerprint density at radius 2 is 1.89 bits per heavy atom. The zero-order valence-corrected chi connectivity index (χ0v) is 12.0. The number of aryl methyl sites for hydroxylation is 1. The SMILES string of the molecule is Cc1nsc(N2CCCC[C@@H](N3CCCC3)C2)n1. The van der Waals surface area contributed by atoms with Gasteiger partial charge in [-0.25, -0.2) is 4.98 Å². The second-order valence-corrected chi connectivity index (χ2v) is 6.19. The van der Waals surface area contributed by atoms with Crippen LogP contribution in [0.15, 0.2) is 0 Å². The first kappa shape index (κ1) is 12.4. The fourth-order valence-electron chi connectivity index (χ4n) is 3.11. The van der Waals surface area contributed by atoms with E-state index < -0.39 is 0 Å². The van der Waals surface area contributed by atoms with Crippen molar-refractivity contribution in [3.8, 4) is 0 Å². The van der Waals surface area contributed by atoms with Crippen molar-refractivity contribution in [2.45, 2.75) is 45.1 Å². The largest absolute Gasteiger partial charge is 0.345 e. The zero-order chi connectivity index (χ0) is 12.4. The second kappa shape index (κ2) is 5.53. The maximum absolute atomic E-state index is 4.55. The third-order valence-corrected chi connectivity index (χ3v) is 4.96. The normalized spacial score (nSPS) is 26.5. The van der Waals surface area contributed by atoms with Gasteiger partial charge in [0.25, 0.3) is 0 Å². The molecule has 4 nitrogen and oxygen atoms in total. The number of hydrogen-bond donors (Lipinski definition) is 0. The minimum atomic E-state index is 0.735. The highest BCUT2D eigenvalue weighted by Gasteiger charge is 2.26. The Labute approximate surface area is 113 Å². The number of rotatable bonds is 2. The summed E-state index contributed by atoms with van der Waals surface area (Å²) in [6, 6.07) is 0.735. The van der Waals surface area contributed by atoms with E-state index in [9.17, 15) is 0 Å². The van der Waals surface area contributed by atoms with Gasteiger partial charge in [-0.3, -0.25) is 4.90 Å². The first-order chi connectivity index (χ1) is 8.83. The van der Waals surface area contributed by atoms with Crippen molar-refractivity contribution in [2.24, 2.45) is 0 Å². The molecule has 2 aliphatic heterocycles. The molecule has 0 amide bonds. The Hall–Kier alpha value is -0.680. The van der Waals surface area contributed by atoms with Gasteiger partial charge in [0, 0.05) is 30.7 Å². The van der Waals surface area contributed by atoms with Gasteiger partial charge in [-0.1, -0.05) is 6.42 Å². The minimum Gasteiger partial charge on any atom is -0.345 e. The summed E-state index contributed by atoms with van der Waals surface area (Å²) < 4.78 is 4.32. The topological polar surface area (TPSA) is 32.3 Å². The maximum atomic E-state index is 4.55. The smallest absolute Gasteiger partial charge is 0.205 e. The molecule has 0 saturated carbocycles. The summed E-state index contributed by atoms with van der Waals surface area (Å²) >= 11 is 1.56. The lowest BCUT2D eigenvalue weighted by Gasteiger charge is -2.30. The van der Waals surface area contributed by atoms with Gasteiger partial charge in [0.15, 0.2) is 0 Å². The molecular weight excluding hydrogens is 244 g/mol. The highest BCUT2D eigenvalue weighted by atomic mass is 32.1. The highest BCUT2D eigenvalue weighted by molar-refractivity contribution is 7.09. The summed E-state index contributed by atoms with van der Waals surface area (Å²) in [5, 5.41) is 1.12. The molecule has 5 heteroatoms. The molecule has 0 bridgehead atoms. The lowest BCUT2D eigenvalue weighted by Crippen LogP contribution is -2.41. The monoisotopic (exact) mass is 266 g/mol. The first-order valence-corrected chi connectivity index (χ1v) is 7.89. The third kappa shape index (κ3) is 2.67. The average Bonchev–Trinajstić information content (AvgIpc) is 2.97. The molecule has 2 fully saturated rings. The summed E-state index contributed by atoms with van der Waals surface area (Å²) in [5.74, 6) is 0.914. The van der Waals surface area contributed by atoms with Gasteiger partial charge in [0.2, 0.25) is 5.13 Å². The molecule has 0 aromatic carbocycles. The summed E-state index contributed by atoms with van der Waals surface area (Å²) in [6.45, 7) is 6.88. The van der Waals surface area contributed by atoms with Gasteiger partial charge in [0.1, 0.15) is 5.82 Å². The standard InChI is InChI=1S/C13H22N4S/c1-11-14-13(18-15-11)17-9-3-2-6-12(10-17)16-7-4-5-8-16/h12H,2-10H2,1H3/t12-/m1/s1. The van der Waals surface area contributed by atoms with Crippen molar-refractivity contribution >= 4 is 16.7 Å². The Bertz CT molecular complexity index is 386. The van der Waals surface area contributed by atoms with Crippen LogP contribution >= 0.6 is 11.5 Å². The van der Waals surface area contributed by atoms with Gasteiger partial charge >= 0.3 is 0 Å². The molecular formula is C13H22N4S. The summed E-state index contributed by atoms with van der Waals surface area (Å²) in [4.78, 5) is 9.70. The molecule has 0 N–H and O–H groups in total. The lowest BCUT2D eigenvalue weighted by atomic mass is 10.1. The van der Waals surface area contributed by atoms with Crippen LogP contribution in [0, 0.1) is 6.92 Å². The van der Waals surface area contributed by atoms with Crippen LogP contribution in [0.4, 0.5) is 5.13 Å². The third-order valence-electron chi connectivity index (χ3n) is 4.09. The predicted molar refractivity (Wildman–Crippen MR) is 75.3 cm³/mol. The Morgan fingerprint density at radius 1 is 1.11 bits per heavy atom. The summed E-state index contributed by atoms with van der Waals surface area (Å²) in [7, 11) is 0. The Kier molecular flexibility index (Phi) is 3.80. The maximum Gasteiger partial charge on any atom is 0.205 e. The van der Waals surface area contributed by atoms with Crippen molar-refractivity contribution in [1.82, 2.24) is 14.3 Å². The fourth-order valence-corrected chi connectivity index (χ4v) is 3.82. The molecule has 0 aliphatic carbocycles. The molecule has 2 aliphatic rings. The lowest BCUT2D eigenvalue weighted by molar-refractivity contribution is 0.236. The van der Waals surface area contributed by atoms with E-state index in [1.807, 2.05) is 6.92 Å². The van der Waals surface area contributed by atoms with Gasteiger partial charge < -0.3 is 4.90 Å². The van der Waals surface area contributed by atoms with Crippen LogP contribution in [0.2, 0.25) is 0 Å². The van der Waals surface area contributed by atoms with Crippen molar-refractivity contribution in [1.29, 1.82) is 0 Å². The predicted octanol–water partition coefficient (Wildman–Crippen LogP) is 2.30. The molecule has 0 unspecified atom stereocenters.